The van der Waals surface area contributed by atoms with Crippen molar-refractivity contribution < 1.29 is 9.53 Å². The van der Waals surface area contributed by atoms with Crippen LogP contribution in [-0.2, 0) is 4.79 Å². The number of nitrogens with one attached hydrogen (secondary N) is 3. The molecule has 0 saturated carbocycles. The second-order valence-electron chi connectivity index (χ2n) is 5.64. The average Bonchev–Trinajstić information content (AvgIpc) is 2.85. The normalized spacial score (nSPS) is 24.2. The van der Waals surface area contributed by atoms with Gasteiger partial charge < -0.3 is 10.1 Å². The summed E-state index contributed by atoms with van der Waals surface area (Å²) in [5, 5.41) is 3.00. The van der Waals surface area contributed by atoms with Crippen molar-refractivity contribution >= 4 is 17.7 Å². The van der Waals surface area contributed by atoms with E-state index in [1.54, 1.807) is 7.11 Å². The highest BCUT2D eigenvalue weighted by Gasteiger charge is 2.28. The van der Waals surface area contributed by atoms with Gasteiger partial charge in [-0.25, -0.2) is 0 Å². The van der Waals surface area contributed by atoms with E-state index in [-0.39, 0.29) is 5.91 Å². The maximum absolute atomic E-state index is 11.9. The average molecular weight is 323 g/mol. The number of carbonyl (C=O) groups is 1. The Bertz CT molecular complexity index is 488. The lowest BCUT2D eigenvalue weighted by atomic mass is 9.93. The molecular weight excluding hydrogens is 298 g/mol. The summed E-state index contributed by atoms with van der Waals surface area (Å²) >= 11 is 1.53. The Morgan fingerprint density at radius 1 is 1.32 bits per heavy atom. The van der Waals surface area contributed by atoms with E-state index in [1.807, 2.05) is 24.3 Å². The Morgan fingerprint density at radius 3 is 2.73 bits per heavy atom. The molecule has 1 aromatic rings. The van der Waals surface area contributed by atoms with Gasteiger partial charge in [-0.05, 0) is 44.4 Å². The van der Waals surface area contributed by atoms with Gasteiger partial charge in [0.25, 0.3) is 0 Å². The molecule has 0 aromatic heterocycles. The summed E-state index contributed by atoms with van der Waals surface area (Å²) in [5.74, 6) is 1.87. The summed E-state index contributed by atoms with van der Waals surface area (Å²) in [6, 6.07) is 8.64. The molecule has 2 rings (SSSR count). The number of methoxy groups -OCH3 is 1. The molecule has 1 aromatic carbocycles. The van der Waals surface area contributed by atoms with E-state index < -0.39 is 0 Å². The first-order chi connectivity index (χ1) is 10.6. The molecule has 2 unspecified atom stereocenters. The molecular formula is C16H25N3O2S. The number of hydrogen-bond donors (Lipinski definition) is 3. The highest BCUT2D eigenvalue weighted by Crippen LogP contribution is 2.22. The largest absolute Gasteiger partial charge is 0.497 e. The molecule has 1 aliphatic heterocycles. The second kappa shape index (κ2) is 8.41. The lowest BCUT2D eigenvalue weighted by Crippen LogP contribution is -2.31. The van der Waals surface area contributed by atoms with Gasteiger partial charge in [0.05, 0.1) is 12.9 Å². The van der Waals surface area contributed by atoms with Crippen molar-refractivity contribution in [1.29, 1.82) is 0 Å². The molecule has 122 valence electrons. The number of hydrogen-bond acceptors (Lipinski definition) is 5. The molecule has 1 saturated heterocycles. The van der Waals surface area contributed by atoms with E-state index in [0.29, 0.717) is 23.8 Å². The van der Waals surface area contributed by atoms with E-state index in [1.165, 1.54) is 11.8 Å². The van der Waals surface area contributed by atoms with Crippen LogP contribution in [0.4, 0.5) is 0 Å². The number of carbonyl (C=O) groups excluding carboxylic acids is 1. The summed E-state index contributed by atoms with van der Waals surface area (Å²) in [6.07, 6.45) is 0.984. The highest BCUT2D eigenvalue weighted by molar-refractivity contribution is 8.00. The van der Waals surface area contributed by atoms with Crippen LogP contribution in [0.15, 0.2) is 29.2 Å². The summed E-state index contributed by atoms with van der Waals surface area (Å²) in [5.41, 5.74) is 6.47. The van der Waals surface area contributed by atoms with Crippen molar-refractivity contribution in [3.63, 3.8) is 0 Å². The molecule has 6 heteroatoms. The fraction of sp³-hybridized carbons (Fsp3) is 0.562. The number of thioether (sulfide) groups is 1. The molecule has 5 nitrogen and oxygen atoms in total. The van der Waals surface area contributed by atoms with Crippen LogP contribution in [0.25, 0.3) is 0 Å². The van der Waals surface area contributed by atoms with Crippen LogP contribution in [0.3, 0.4) is 0 Å². The topological polar surface area (TPSA) is 62.4 Å². The van der Waals surface area contributed by atoms with E-state index in [4.69, 9.17) is 4.74 Å². The molecule has 1 amide bonds. The Morgan fingerprint density at radius 2 is 2.05 bits per heavy atom. The van der Waals surface area contributed by atoms with Crippen LogP contribution in [0, 0.1) is 5.92 Å². The maximum atomic E-state index is 11.9. The number of amides is 1. The van der Waals surface area contributed by atoms with E-state index in [9.17, 15) is 4.79 Å². The Kier molecular flexibility index (Phi) is 6.54. The van der Waals surface area contributed by atoms with Crippen LogP contribution in [0.2, 0.25) is 0 Å². The zero-order valence-corrected chi connectivity index (χ0v) is 14.2. The fourth-order valence-electron chi connectivity index (χ4n) is 2.68. The standard InChI is InChI=1S/C16H25N3O2S/c1-11-15(12(2)19-18-11)7-8-17-16(20)10-22-14-6-4-5-13(9-14)21-3/h4-6,9,11-12,15,18-19H,7-8,10H2,1-3H3,(H,17,20). The van der Waals surface area contributed by atoms with Crippen molar-refractivity contribution in [3.8, 4) is 5.75 Å². The minimum absolute atomic E-state index is 0.0760. The Balaban J connectivity index is 1.67. The molecule has 1 fully saturated rings. The summed E-state index contributed by atoms with van der Waals surface area (Å²) in [6.45, 7) is 5.06. The van der Waals surface area contributed by atoms with E-state index >= 15 is 0 Å². The lowest BCUT2D eigenvalue weighted by molar-refractivity contribution is -0.118. The van der Waals surface area contributed by atoms with Crippen LogP contribution in [0.5, 0.6) is 5.75 Å². The predicted octanol–water partition coefficient (Wildman–Crippen LogP) is 1.79. The third kappa shape index (κ3) is 4.90. The molecule has 1 heterocycles. The van der Waals surface area contributed by atoms with Crippen molar-refractivity contribution in [3.05, 3.63) is 24.3 Å². The van der Waals surface area contributed by atoms with Crippen molar-refractivity contribution in [2.45, 2.75) is 37.2 Å². The molecule has 3 N–H and O–H groups in total. The monoisotopic (exact) mass is 323 g/mol. The van der Waals surface area contributed by atoms with Crippen molar-refractivity contribution in [1.82, 2.24) is 16.2 Å². The van der Waals surface area contributed by atoms with Gasteiger partial charge in [0, 0.05) is 23.5 Å². The van der Waals surface area contributed by atoms with Gasteiger partial charge in [-0.1, -0.05) is 6.07 Å². The first-order valence-corrected chi connectivity index (χ1v) is 8.63. The number of rotatable bonds is 7. The third-order valence-corrected chi connectivity index (χ3v) is 5.03. The van der Waals surface area contributed by atoms with Crippen LogP contribution >= 0.6 is 11.8 Å². The minimum Gasteiger partial charge on any atom is -0.497 e. The van der Waals surface area contributed by atoms with E-state index in [2.05, 4.69) is 30.0 Å². The molecule has 22 heavy (non-hydrogen) atoms. The number of hydrazine groups is 1. The van der Waals surface area contributed by atoms with Crippen LogP contribution in [0.1, 0.15) is 20.3 Å². The number of ether oxygens (including phenoxy) is 1. The second-order valence-corrected chi connectivity index (χ2v) is 6.68. The van der Waals surface area contributed by atoms with Gasteiger partial charge in [0.2, 0.25) is 5.91 Å². The molecule has 0 aliphatic carbocycles. The summed E-state index contributed by atoms with van der Waals surface area (Å²) in [4.78, 5) is 13.0. The molecule has 0 radical (unpaired) electrons. The first-order valence-electron chi connectivity index (χ1n) is 7.64. The van der Waals surface area contributed by atoms with Crippen LogP contribution in [-0.4, -0.2) is 37.4 Å². The lowest BCUT2D eigenvalue weighted by Gasteiger charge is -2.17. The van der Waals surface area contributed by atoms with Gasteiger partial charge in [0.1, 0.15) is 5.75 Å². The summed E-state index contributed by atoms with van der Waals surface area (Å²) < 4.78 is 5.18. The Labute approximate surface area is 136 Å². The minimum atomic E-state index is 0.0760. The SMILES string of the molecule is COc1cccc(SCC(=O)NCCC2C(C)NNC2C)c1. The zero-order valence-electron chi connectivity index (χ0n) is 13.4. The first kappa shape index (κ1) is 17.1. The number of benzene rings is 1. The maximum Gasteiger partial charge on any atom is 0.230 e. The smallest absolute Gasteiger partial charge is 0.230 e. The van der Waals surface area contributed by atoms with Gasteiger partial charge in [-0.15, -0.1) is 11.8 Å². The van der Waals surface area contributed by atoms with E-state index in [0.717, 1.165) is 23.6 Å². The van der Waals surface area contributed by atoms with Gasteiger partial charge in [-0.2, -0.15) is 0 Å². The highest BCUT2D eigenvalue weighted by atomic mass is 32.2. The molecule has 0 spiro atoms. The Hall–Kier alpha value is -1.24. The van der Waals surface area contributed by atoms with Gasteiger partial charge >= 0.3 is 0 Å². The predicted molar refractivity (Wildman–Crippen MR) is 90.0 cm³/mol. The third-order valence-electron chi connectivity index (χ3n) is 4.03. The summed E-state index contributed by atoms with van der Waals surface area (Å²) in [7, 11) is 1.64. The van der Waals surface area contributed by atoms with Gasteiger partial charge in [-0.3, -0.25) is 15.6 Å². The van der Waals surface area contributed by atoms with Crippen molar-refractivity contribution in [2.75, 3.05) is 19.4 Å². The van der Waals surface area contributed by atoms with Crippen molar-refractivity contribution in [2.24, 2.45) is 5.92 Å². The molecule has 1 aliphatic rings. The molecule has 0 bridgehead atoms. The van der Waals surface area contributed by atoms with Crippen LogP contribution < -0.4 is 20.9 Å². The quantitative estimate of drug-likeness (QED) is 0.668. The molecule has 2 atom stereocenters. The fourth-order valence-corrected chi connectivity index (χ4v) is 3.45. The van der Waals surface area contributed by atoms with Gasteiger partial charge in [0.15, 0.2) is 0 Å². The zero-order chi connectivity index (χ0) is 15.9.